The molecule has 0 saturated carbocycles. The molecule has 0 radical (unpaired) electrons. The van der Waals surface area contributed by atoms with Crippen LogP contribution in [0.5, 0.6) is 0 Å². The largest absolute Gasteiger partial charge is 0.261 e. The van der Waals surface area contributed by atoms with Crippen LogP contribution in [0.15, 0.2) is 29.5 Å². The maximum absolute atomic E-state index is 8.10. The van der Waals surface area contributed by atoms with E-state index in [0.29, 0.717) is 6.54 Å². The molecule has 1 aromatic heterocycles. The summed E-state index contributed by atoms with van der Waals surface area (Å²) >= 11 is 0. The Hall–Kier alpha value is -1.54. The van der Waals surface area contributed by atoms with E-state index in [4.69, 9.17) is 5.53 Å². The number of aromatic nitrogens is 1. The Kier molecular flexibility index (Phi) is 3.11. The molecular formula is C8H10N4. The molecule has 0 bridgehead atoms. The van der Waals surface area contributed by atoms with Gasteiger partial charge in [0.25, 0.3) is 0 Å². The predicted octanol–water partition coefficient (Wildman–Crippen LogP) is 2.50. The summed E-state index contributed by atoms with van der Waals surface area (Å²) in [5.74, 6) is 0.196. The second kappa shape index (κ2) is 4.36. The molecule has 0 aliphatic rings. The topological polar surface area (TPSA) is 61.7 Å². The zero-order valence-corrected chi connectivity index (χ0v) is 6.88. The average molecular weight is 162 g/mol. The van der Waals surface area contributed by atoms with Crippen molar-refractivity contribution in [1.82, 2.24) is 4.98 Å². The van der Waals surface area contributed by atoms with E-state index in [1.807, 2.05) is 25.1 Å². The predicted molar refractivity (Wildman–Crippen MR) is 46.7 cm³/mol. The average Bonchev–Trinajstić information content (AvgIpc) is 2.15. The molecule has 0 amide bonds. The maximum Gasteiger partial charge on any atom is 0.0433 e. The summed E-state index contributed by atoms with van der Waals surface area (Å²) in [6, 6.07) is 5.72. The lowest BCUT2D eigenvalue weighted by atomic mass is 10.1. The van der Waals surface area contributed by atoms with Crippen molar-refractivity contribution in [3.05, 3.63) is 40.5 Å². The van der Waals surface area contributed by atoms with Gasteiger partial charge in [0.05, 0.1) is 0 Å². The molecule has 12 heavy (non-hydrogen) atoms. The smallest absolute Gasteiger partial charge is 0.0433 e. The number of hydrogen-bond donors (Lipinski definition) is 0. The van der Waals surface area contributed by atoms with Gasteiger partial charge in [0, 0.05) is 29.3 Å². The van der Waals surface area contributed by atoms with Crippen LogP contribution in [0.2, 0.25) is 0 Å². The molecule has 1 rings (SSSR count). The minimum absolute atomic E-state index is 0.196. The third kappa shape index (κ3) is 2.25. The molecule has 0 aliphatic carbocycles. The minimum Gasteiger partial charge on any atom is -0.261 e. The maximum atomic E-state index is 8.10. The van der Waals surface area contributed by atoms with Gasteiger partial charge in [-0.1, -0.05) is 18.1 Å². The lowest BCUT2D eigenvalue weighted by Gasteiger charge is -2.05. The first-order valence-electron chi connectivity index (χ1n) is 3.76. The lowest BCUT2D eigenvalue weighted by molar-refractivity contribution is 0.741. The Labute approximate surface area is 70.9 Å². The molecule has 0 aliphatic heterocycles. The van der Waals surface area contributed by atoms with Gasteiger partial charge < -0.3 is 0 Å². The fourth-order valence-corrected chi connectivity index (χ4v) is 0.920. The summed E-state index contributed by atoms with van der Waals surface area (Å²) in [5, 5.41) is 3.49. The SMILES string of the molecule is CC(CN=[N+]=[N-])c1ccccn1. The number of rotatable bonds is 3. The van der Waals surface area contributed by atoms with Crippen molar-refractivity contribution >= 4 is 0 Å². The number of hydrogen-bond acceptors (Lipinski definition) is 2. The van der Waals surface area contributed by atoms with Crippen molar-refractivity contribution in [3.63, 3.8) is 0 Å². The van der Waals surface area contributed by atoms with Crippen molar-refractivity contribution < 1.29 is 0 Å². The normalized spacial score (nSPS) is 11.8. The zero-order chi connectivity index (χ0) is 8.81. The van der Waals surface area contributed by atoms with Crippen LogP contribution in [-0.4, -0.2) is 11.5 Å². The van der Waals surface area contributed by atoms with E-state index in [2.05, 4.69) is 15.0 Å². The van der Waals surface area contributed by atoms with Crippen molar-refractivity contribution in [2.24, 2.45) is 5.11 Å². The van der Waals surface area contributed by atoms with E-state index in [1.54, 1.807) is 6.20 Å². The zero-order valence-electron chi connectivity index (χ0n) is 6.88. The molecule has 1 unspecified atom stereocenters. The van der Waals surface area contributed by atoms with Crippen LogP contribution in [0.25, 0.3) is 10.4 Å². The van der Waals surface area contributed by atoms with Gasteiger partial charge in [-0.05, 0) is 17.7 Å². The molecule has 1 aromatic rings. The van der Waals surface area contributed by atoms with Crippen molar-refractivity contribution in [2.75, 3.05) is 6.54 Å². The fourth-order valence-electron chi connectivity index (χ4n) is 0.920. The highest BCUT2D eigenvalue weighted by Crippen LogP contribution is 2.11. The molecular weight excluding hydrogens is 152 g/mol. The molecule has 0 aromatic carbocycles. The van der Waals surface area contributed by atoms with Gasteiger partial charge in [0.2, 0.25) is 0 Å². The quantitative estimate of drug-likeness (QED) is 0.382. The van der Waals surface area contributed by atoms with Crippen molar-refractivity contribution in [3.8, 4) is 0 Å². The molecule has 4 nitrogen and oxygen atoms in total. The second-order valence-corrected chi connectivity index (χ2v) is 2.57. The Balaban J connectivity index is 2.65. The minimum atomic E-state index is 0.196. The Bertz CT molecular complexity index is 276. The van der Waals surface area contributed by atoms with Crippen molar-refractivity contribution in [1.29, 1.82) is 0 Å². The number of pyridine rings is 1. The van der Waals surface area contributed by atoms with E-state index in [9.17, 15) is 0 Å². The fraction of sp³-hybridized carbons (Fsp3) is 0.375. The molecule has 1 atom stereocenters. The van der Waals surface area contributed by atoms with E-state index >= 15 is 0 Å². The first-order chi connectivity index (χ1) is 5.84. The van der Waals surface area contributed by atoms with Gasteiger partial charge in [-0.15, -0.1) is 0 Å². The van der Waals surface area contributed by atoms with Crippen LogP contribution < -0.4 is 0 Å². The summed E-state index contributed by atoms with van der Waals surface area (Å²) < 4.78 is 0. The highest BCUT2D eigenvalue weighted by Gasteiger charge is 2.03. The number of azide groups is 1. The van der Waals surface area contributed by atoms with Crippen LogP contribution in [0.1, 0.15) is 18.5 Å². The van der Waals surface area contributed by atoms with Gasteiger partial charge in [-0.25, -0.2) is 0 Å². The van der Waals surface area contributed by atoms with E-state index in [-0.39, 0.29) is 5.92 Å². The summed E-state index contributed by atoms with van der Waals surface area (Å²) in [6.07, 6.45) is 1.74. The van der Waals surface area contributed by atoms with Crippen LogP contribution in [0.3, 0.4) is 0 Å². The van der Waals surface area contributed by atoms with Gasteiger partial charge in [0.1, 0.15) is 0 Å². The van der Waals surface area contributed by atoms with Gasteiger partial charge in [-0.2, -0.15) is 0 Å². The number of nitrogens with zero attached hydrogens (tertiary/aromatic N) is 4. The molecule has 0 N–H and O–H groups in total. The molecule has 62 valence electrons. The molecule has 4 heteroatoms. The Morgan fingerprint density at radius 1 is 1.67 bits per heavy atom. The molecule has 0 spiro atoms. The summed E-state index contributed by atoms with van der Waals surface area (Å²) in [5.41, 5.74) is 9.06. The highest BCUT2D eigenvalue weighted by molar-refractivity contribution is 5.08. The third-order valence-electron chi connectivity index (χ3n) is 1.61. The molecule has 0 fully saturated rings. The van der Waals surface area contributed by atoms with Crippen LogP contribution in [0, 0.1) is 0 Å². The van der Waals surface area contributed by atoms with Gasteiger partial charge in [-0.3, -0.25) is 4.98 Å². The lowest BCUT2D eigenvalue weighted by Crippen LogP contribution is -1.98. The van der Waals surface area contributed by atoms with E-state index < -0.39 is 0 Å². The summed E-state index contributed by atoms with van der Waals surface area (Å²) in [7, 11) is 0. The van der Waals surface area contributed by atoms with E-state index in [1.165, 1.54) is 0 Å². The standard InChI is InChI=1S/C8H10N4/c1-7(6-11-12-9)8-4-2-3-5-10-8/h2-5,7H,6H2,1H3. The van der Waals surface area contributed by atoms with E-state index in [0.717, 1.165) is 5.69 Å². The second-order valence-electron chi connectivity index (χ2n) is 2.57. The first kappa shape index (κ1) is 8.56. The summed E-state index contributed by atoms with van der Waals surface area (Å²) in [6.45, 7) is 2.45. The van der Waals surface area contributed by atoms with Crippen LogP contribution >= 0.6 is 0 Å². The molecule has 1 heterocycles. The van der Waals surface area contributed by atoms with Crippen LogP contribution in [0.4, 0.5) is 0 Å². The summed E-state index contributed by atoms with van der Waals surface area (Å²) in [4.78, 5) is 6.85. The Morgan fingerprint density at radius 3 is 3.08 bits per heavy atom. The van der Waals surface area contributed by atoms with Gasteiger partial charge >= 0.3 is 0 Å². The molecule has 0 saturated heterocycles. The third-order valence-corrected chi connectivity index (χ3v) is 1.61. The van der Waals surface area contributed by atoms with Crippen LogP contribution in [-0.2, 0) is 0 Å². The highest BCUT2D eigenvalue weighted by atomic mass is 15.1. The van der Waals surface area contributed by atoms with Gasteiger partial charge in [0.15, 0.2) is 0 Å². The Morgan fingerprint density at radius 2 is 2.50 bits per heavy atom. The van der Waals surface area contributed by atoms with Crippen molar-refractivity contribution in [2.45, 2.75) is 12.8 Å². The first-order valence-corrected chi connectivity index (χ1v) is 3.76. The monoisotopic (exact) mass is 162 g/mol.